The summed E-state index contributed by atoms with van der Waals surface area (Å²) < 4.78 is 0. The van der Waals surface area contributed by atoms with Crippen LogP contribution >= 0.6 is 11.6 Å². The number of piperidine rings is 1. The van der Waals surface area contributed by atoms with Gasteiger partial charge in [0.05, 0.1) is 16.5 Å². The summed E-state index contributed by atoms with van der Waals surface area (Å²) in [5, 5.41) is 3.46. The van der Waals surface area contributed by atoms with Gasteiger partial charge in [0.15, 0.2) is 0 Å². The van der Waals surface area contributed by atoms with Crippen molar-refractivity contribution in [2.75, 3.05) is 13.1 Å². The van der Waals surface area contributed by atoms with Crippen molar-refractivity contribution in [3.63, 3.8) is 0 Å². The molecule has 1 heterocycles. The molecule has 1 atom stereocenters. The highest BCUT2D eigenvalue weighted by Gasteiger charge is 2.29. The van der Waals surface area contributed by atoms with E-state index in [1.165, 1.54) is 0 Å². The lowest BCUT2D eigenvalue weighted by molar-refractivity contribution is -0.126. The van der Waals surface area contributed by atoms with Gasteiger partial charge >= 0.3 is 0 Å². The van der Waals surface area contributed by atoms with E-state index < -0.39 is 0 Å². The zero-order valence-corrected chi connectivity index (χ0v) is 15.6. The number of nitrogens with zero attached hydrogens (tertiary/aromatic N) is 1. The van der Waals surface area contributed by atoms with Crippen LogP contribution in [0.5, 0.6) is 0 Å². The zero-order valence-electron chi connectivity index (χ0n) is 14.9. The maximum atomic E-state index is 12.7. The Balaban J connectivity index is 1.61. The van der Waals surface area contributed by atoms with Crippen LogP contribution in [0.4, 0.5) is 0 Å². The van der Waals surface area contributed by atoms with Gasteiger partial charge in [-0.2, -0.15) is 0 Å². The predicted molar refractivity (Wildman–Crippen MR) is 103 cm³/mol. The van der Waals surface area contributed by atoms with Gasteiger partial charge in [-0.25, -0.2) is 0 Å². The minimum Gasteiger partial charge on any atom is -0.352 e. The monoisotopic (exact) mass is 370 g/mol. The average molecular weight is 371 g/mol. The van der Waals surface area contributed by atoms with Crippen molar-refractivity contribution in [1.29, 1.82) is 0 Å². The summed E-state index contributed by atoms with van der Waals surface area (Å²) >= 11 is 6.14. The van der Waals surface area contributed by atoms with Crippen molar-refractivity contribution >= 4 is 23.4 Å². The van der Waals surface area contributed by atoms with Gasteiger partial charge in [-0.1, -0.05) is 48.0 Å². The summed E-state index contributed by atoms with van der Waals surface area (Å²) in [7, 11) is 0. The number of nitrogens with one attached hydrogen (secondary N) is 1. The number of carbonyl (C=O) groups is 2. The first kappa shape index (κ1) is 18.5. The highest BCUT2D eigenvalue weighted by molar-refractivity contribution is 6.33. The number of carbonyl (C=O) groups excluding carboxylic acids is 2. The largest absolute Gasteiger partial charge is 0.352 e. The van der Waals surface area contributed by atoms with Crippen molar-refractivity contribution in [2.24, 2.45) is 5.92 Å². The van der Waals surface area contributed by atoms with Crippen LogP contribution in [0.15, 0.2) is 48.5 Å². The Bertz CT molecular complexity index is 806. The molecule has 2 aromatic carbocycles. The summed E-state index contributed by atoms with van der Waals surface area (Å²) in [5.41, 5.74) is 2.77. The number of aryl methyl sites for hydroxylation is 1. The van der Waals surface area contributed by atoms with Gasteiger partial charge in [0.2, 0.25) is 5.91 Å². The molecule has 0 radical (unpaired) electrons. The Morgan fingerprint density at radius 2 is 1.88 bits per heavy atom. The molecule has 2 amide bonds. The SMILES string of the molecule is Cc1ccccc1CNC(=O)[C@H]1CCCN(C(=O)c2ccccc2Cl)C1. The van der Waals surface area contributed by atoms with Crippen molar-refractivity contribution in [3.8, 4) is 0 Å². The van der Waals surface area contributed by atoms with Crippen LogP contribution in [0.3, 0.4) is 0 Å². The van der Waals surface area contributed by atoms with Gasteiger partial charge in [0.1, 0.15) is 0 Å². The normalized spacial score (nSPS) is 17.0. The van der Waals surface area contributed by atoms with E-state index in [-0.39, 0.29) is 17.7 Å². The molecule has 0 aromatic heterocycles. The zero-order chi connectivity index (χ0) is 18.5. The third-order valence-corrected chi connectivity index (χ3v) is 5.23. The van der Waals surface area contributed by atoms with Crippen molar-refractivity contribution < 1.29 is 9.59 Å². The number of hydrogen-bond acceptors (Lipinski definition) is 2. The van der Waals surface area contributed by atoms with Crippen LogP contribution in [0.1, 0.15) is 34.3 Å². The van der Waals surface area contributed by atoms with Gasteiger partial charge in [-0.05, 0) is 43.0 Å². The molecule has 3 rings (SSSR count). The number of rotatable bonds is 4. The Morgan fingerprint density at radius 3 is 2.65 bits per heavy atom. The van der Waals surface area contributed by atoms with E-state index in [1.807, 2.05) is 31.2 Å². The lowest BCUT2D eigenvalue weighted by Crippen LogP contribution is -2.45. The van der Waals surface area contributed by atoms with E-state index in [9.17, 15) is 9.59 Å². The number of amides is 2. The van der Waals surface area contributed by atoms with Crippen LogP contribution in [0, 0.1) is 12.8 Å². The van der Waals surface area contributed by atoms with Gasteiger partial charge < -0.3 is 10.2 Å². The molecule has 0 bridgehead atoms. The highest BCUT2D eigenvalue weighted by atomic mass is 35.5. The molecule has 1 fully saturated rings. The van der Waals surface area contributed by atoms with Crippen LogP contribution in [0.2, 0.25) is 5.02 Å². The van der Waals surface area contributed by atoms with Gasteiger partial charge in [-0.15, -0.1) is 0 Å². The molecule has 2 aromatic rings. The minimum atomic E-state index is -0.181. The van der Waals surface area contributed by atoms with Crippen LogP contribution in [-0.2, 0) is 11.3 Å². The van der Waals surface area contributed by atoms with E-state index in [2.05, 4.69) is 5.32 Å². The van der Waals surface area contributed by atoms with Crippen molar-refractivity contribution in [2.45, 2.75) is 26.3 Å². The molecular weight excluding hydrogens is 348 g/mol. The van der Waals surface area contributed by atoms with E-state index in [4.69, 9.17) is 11.6 Å². The quantitative estimate of drug-likeness (QED) is 0.889. The number of benzene rings is 2. The summed E-state index contributed by atoms with van der Waals surface area (Å²) in [6.45, 7) is 3.64. The molecule has 1 N–H and O–H groups in total. The van der Waals surface area contributed by atoms with Gasteiger partial charge in [0, 0.05) is 19.6 Å². The predicted octanol–water partition coefficient (Wildman–Crippen LogP) is 3.82. The fourth-order valence-corrected chi connectivity index (χ4v) is 3.53. The van der Waals surface area contributed by atoms with Crippen molar-refractivity contribution in [3.05, 3.63) is 70.2 Å². The van der Waals surface area contributed by atoms with E-state index >= 15 is 0 Å². The summed E-state index contributed by atoms with van der Waals surface area (Å²) in [6, 6.07) is 15.1. The number of hydrogen-bond donors (Lipinski definition) is 1. The van der Waals surface area contributed by atoms with E-state index in [0.717, 1.165) is 24.0 Å². The van der Waals surface area contributed by atoms with Gasteiger partial charge in [-0.3, -0.25) is 9.59 Å². The lowest BCUT2D eigenvalue weighted by Gasteiger charge is -2.32. The molecule has 1 aliphatic heterocycles. The fraction of sp³-hybridized carbons (Fsp3) is 0.333. The Kier molecular flexibility index (Phi) is 5.94. The van der Waals surface area contributed by atoms with E-state index in [0.29, 0.717) is 30.2 Å². The third kappa shape index (κ3) is 4.25. The second-order valence-electron chi connectivity index (χ2n) is 6.71. The first-order chi connectivity index (χ1) is 12.6. The van der Waals surface area contributed by atoms with Crippen LogP contribution in [-0.4, -0.2) is 29.8 Å². The molecule has 26 heavy (non-hydrogen) atoms. The summed E-state index contributed by atoms with van der Waals surface area (Å²) in [4.78, 5) is 27.0. The Labute approximate surface area is 159 Å². The lowest BCUT2D eigenvalue weighted by atomic mass is 9.96. The maximum Gasteiger partial charge on any atom is 0.255 e. The average Bonchev–Trinajstić information content (AvgIpc) is 2.67. The summed E-state index contributed by atoms with van der Waals surface area (Å²) in [6.07, 6.45) is 1.62. The van der Waals surface area contributed by atoms with Gasteiger partial charge in [0.25, 0.3) is 5.91 Å². The molecule has 1 saturated heterocycles. The van der Waals surface area contributed by atoms with Crippen LogP contribution < -0.4 is 5.32 Å². The third-order valence-electron chi connectivity index (χ3n) is 4.90. The second-order valence-corrected chi connectivity index (χ2v) is 7.12. The second kappa shape index (κ2) is 8.37. The highest BCUT2D eigenvalue weighted by Crippen LogP contribution is 2.22. The Morgan fingerprint density at radius 1 is 1.15 bits per heavy atom. The summed E-state index contributed by atoms with van der Waals surface area (Å²) in [5.74, 6) is -0.281. The first-order valence-electron chi connectivity index (χ1n) is 8.92. The first-order valence-corrected chi connectivity index (χ1v) is 9.30. The molecular formula is C21H23ClN2O2. The van der Waals surface area contributed by atoms with E-state index in [1.54, 1.807) is 29.2 Å². The molecule has 0 unspecified atom stereocenters. The van der Waals surface area contributed by atoms with Crippen LogP contribution in [0.25, 0.3) is 0 Å². The maximum absolute atomic E-state index is 12.7. The minimum absolute atomic E-state index is 0.00455. The topological polar surface area (TPSA) is 49.4 Å². The molecule has 0 spiro atoms. The molecule has 1 aliphatic rings. The fourth-order valence-electron chi connectivity index (χ4n) is 3.32. The molecule has 5 heteroatoms. The number of halogens is 1. The number of likely N-dealkylation sites (tertiary alicyclic amines) is 1. The molecule has 0 saturated carbocycles. The Hall–Kier alpha value is -2.33. The molecule has 4 nitrogen and oxygen atoms in total. The molecule has 136 valence electrons. The smallest absolute Gasteiger partial charge is 0.255 e. The molecule has 0 aliphatic carbocycles. The van der Waals surface area contributed by atoms with Crippen molar-refractivity contribution in [1.82, 2.24) is 10.2 Å². The standard InChI is InChI=1S/C21H23ClN2O2/c1-15-7-2-3-8-16(15)13-23-20(25)17-9-6-12-24(14-17)21(26)18-10-4-5-11-19(18)22/h2-5,7-8,10-11,17H,6,9,12-14H2,1H3,(H,23,25)/t17-/m0/s1.